The van der Waals surface area contributed by atoms with Gasteiger partial charge in [0.2, 0.25) is 0 Å². The van der Waals surface area contributed by atoms with Crippen LogP contribution in [0.4, 0.5) is 0 Å². The predicted octanol–water partition coefficient (Wildman–Crippen LogP) is 3.47. The Bertz CT molecular complexity index is 571. The van der Waals surface area contributed by atoms with Gasteiger partial charge in [-0.25, -0.2) is 8.93 Å². The fourth-order valence-electron chi connectivity index (χ4n) is 3.49. The molecule has 2 aliphatic carbocycles. The third kappa shape index (κ3) is 3.36. The Labute approximate surface area is 129 Å². The molecule has 0 unspecified atom stereocenters. The zero-order valence-corrected chi connectivity index (χ0v) is 13.3. The highest BCUT2D eigenvalue weighted by atomic mass is 32.2. The summed E-state index contributed by atoms with van der Waals surface area (Å²) < 4.78 is 15.4. The van der Waals surface area contributed by atoms with Crippen LogP contribution in [-0.2, 0) is 11.0 Å². The highest BCUT2D eigenvalue weighted by Crippen LogP contribution is 2.58. The van der Waals surface area contributed by atoms with Gasteiger partial charge in [-0.05, 0) is 62.5 Å². The summed E-state index contributed by atoms with van der Waals surface area (Å²) in [6.45, 7) is 2.01. The molecule has 21 heavy (non-hydrogen) atoms. The van der Waals surface area contributed by atoms with Crippen LogP contribution >= 0.6 is 0 Å². The Balaban J connectivity index is 1.65. The van der Waals surface area contributed by atoms with Crippen LogP contribution in [0.1, 0.15) is 44.1 Å². The molecule has 4 heteroatoms. The van der Waals surface area contributed by atoms with Gasteiger partial charge in [0.05, 0.1) is 11.0 Å². The second-order valence-electron chi connectivity index (χ2n) is 6.66. The Morgan fingerprint density at radius 1 is 1.33 bits per heavy atom. The van der Waals surface area contributed by atoms with Crippen LogP contribution in [0.3, 0.4) is 0 Å². The Morgan fingerprint density at radius 3 is 2.67 bits per heavy atom. The van der Waals surface area contributed by atoms with Crippen molar-refractivity contribution in [1.82, 2.24) is 4.72 Å². The second-order valence-corrected chi connectivity index (χ2v) is 7.91. The summed E-state index contributed by atoms with van der Waals surface area (Å²) in [4.78, 5) is 0.748. The zero-order valence-electron chi connectivity index (χ0n) is 12.5. The third-order valence-corrected chi connectivity index (χ3v) is 6.18. The van der Waals surface area contributed by atoms with E-state index in [9.17, 15) is 9.47 Å². The van der Waals surface area contributed by atoms with E-state index in [0.29, 0.717) is 11.3 Å². The zero-order chi connectivity index (χ0) is 14.9. The maximum Gasteiger partial charge on any atom is 0.126 e. The van der Waals surface area contributed by atoms with Crippen LogP contribution in [0.15, 0.2) is 29.2 Å². The van der Waals surface area contributed by atoms with Crippen molar-refractivity contribution in [2.45, 2.75) is 56.4 Å². The summed E-state index contributed by atoms with van der Waals surface area (Å²) >= 11 is 0. The van der Waals surface area contributed by atoms with Gasteiger partial charge in [-0.3, -0.25) is 0 Å². The molecule has 0 amide bonds. The lowest BCUT2D eigenvalue weighted by atomic mass is 9.76. The number of aryl methyl sites for hydroxylation is 1. The van der Waals surface area contributed by atoms with E-state index in [4.69, 9.17) is 0 Å². The van der Waals surface area contributed by atoms with Crippen molar-refractivity contribution in [3.63, 3.8) is 0 Å². The molecule has 0 saturated heterocycles. The van der Waals surface area contributed by atoms with E-state index >= 15 is 0 Å². The average molecular weight is 302 g/mol. The first-order valence-corrected chi connectivity index (χ1v) is 8.91. The molecule has 112 valence electrons. The fraction of sp³-hybridized carbons (Fsp3) is 0.588. The molecule has 1 N–H and O–H groups in total. The van der Waals surface area contributed by atoms with Gasteiger partial charge in [-0.2, -0.15) is 5.26 Å². The summed E-state index contributed by atoms with van der Waals surface area (Å²) in [7, 11) is -1.30. The molecule has 1 spiro atoms. The van der Waals surface area contributed by atoms with Gasteiger partial charge < -0.3 is 0 Å². The number of benzene rings is 1. The number of nitriles is 1. The molecule has 0 radical (unpaired) electrons. The molecule has 3 nitrogen and oxygen atoms in total. The Kier molecular flexibility index (Phi) is 4.14. The van der Waals surface area contributed by atoms with Gasteiger partial charge in [-0.1, -0.05) is 24.1 Å². The number of hydrogen-bond donors (Lipinski definition) is 1. The quantitative estimate of drug-likeness (QED) is 0.926. The van der Waals surface area contributed by atoms with Crippen molar-refractivity contribution in [1.29, 1.82) is 5.26 Å². The molecule has 0 heterocycles. The minimum absolute atomic E-state index is 0.301. The highest BCUT2D eigenvalue weighted by molar-refractivity contribution is 7.83. The molecule has 0 aliphatic heterocycles. The minimum atomic E-state index is -1.30. The highest BCUT2D eigenvalue weighted by Gasteiger charge is 2.47. The minimum Gasteiger partial charge on any atom is -0.237 e. The van der Waals surface area contributed by atoms with Gasteiger partial charge in [0.15, 0.2) is 0 Å². The normalized spacial score (nSPS) is 26.0. The molecule has 0 aromatic heterocycles. The smallest absolute Gasteiger partial charge is 0.126 e. The molecular formula is C17H22N2OS. The summed E-state index contributed by atoms with van der Waals surface area (Å²) in [6, 6.07) is 9.70. The molecule has 3 atom stereocenters. The van der Waals surface area contributed by atoms with Gasteiger partial charge in [-0.15, -0.1) is 0 Å². The lowest BCUT2D eigenvalue weighted by Gasteiger charge is -2.31. The van der Waals surface area contributed by atoms with Crippen molar-refractivity contribution in [3.05, 3.63) is 29.8 Å². The molecule has 1 aromatic carbocycles. The molecule has 2 saturated carbocycles. The van der Waals surface area contributed by atoms with Crippen LogP contribution in [0.5, 0.6) is 0 Å². The lowest BCUT2D eigenvalue weighted by molar-refractivity contribution is 0.230. The van der Waals surface area contributed by atoms with Crippen molar-refractivity contribution in [2.75, 3.05) is 0 Å². The molecule has 0 bridgehead atoms. The third-order valence-electron chi connectivity index (χ3n) is 5.01. The Morgan fingerprint density at radius 2 is 2.05 bits per heavy atom. The summed E-state index contributed by atoms with van der Waals surface area (Å²) in [5, 5.41) is 9.46. The number of nitrogens with one attached hydrogen (secondary N) is 1. The summed E-state index contributed by atoms with van der Waals surface area (Å²) in [5.41, 5.74) is 1.68. The average Bonchev–Trinajstić information content (AvgIpc) is 3.24. The Hall–Kier alpha value is -1.18. The van der Waals surface area contributed by atoms with E-state index in [1.807, 2.05) is 31.2 Å². The van der Waals surface area contributed by atoms with Crippen LogP contribution in [0.2, 0.25) is 0 Å². The summed E-state index contributed by atoms with van der Waals surface area (Å²) in [6.07, 6.45) is 7.39. The molecule has 1 aromatic rings. The van der Waals surface area contributed by atoms with Crippen LogP contribution in [0.25, 0.3) is 0 Å². The largest absolute Gasteiger partial charge is 0.237 e. The first kappa shape index (κ1) is 14.7. The van der Waals surface area contributed by atoms with Crippen LogP contribution in [-0.4, -0.2) is 10.3 Å². The first-order chi connectivity index (χ1) is 10.1. The summed E-state index contributed by atoms with van der Waals surface area (Å²) in [5.74, 6) is 0.348. The van der Waals surface area contributed by atoms with Crippen molar-refractivity contribution in [3.8, 4) is 6.07 Å². The van der Waals surface area contributed by atoms with E-state index in [-0.39, 0.29) is 6.04 Å². The van der Waals surface area contributed by atoms with E-state index in [0.717, 1.165) is 23.3 Å². The van der Waals surface area contributed by atoms with E-state index in [1.165, 1.54) is 25.7 Å². The number of rotatable bonds is 4. The maximum atomic E-state index is 12.4. The molecule has 3 rings (SSSR count). The first-order valence-electron chi connectivity index (χ1n) is 7.76. The molecular weight excluding hydrogens is 280 g/mol. The van der Waals surface area contributed by atoms with Crippen molar-refractivity contribution >= 4 is 11.0 Å². The number of nitrogens with zero attached hydrogens (tertiary/aromatic N) is 1. The van der Waals surface area contributed by atoms with Gasteiger partial charge >= 0.3 is 0 Å². The molecule has 2 fully saturated rings. The van der Waals surface area contributed by atoms with Crippen LogP contribution < -0.4 is 4.72 Å². The van der Waals surface area contributed by atoms with Crippen molar-refractivity contribution < 1.29 is 4.21 Å². The second kappa shape index (κ2) is 5.90. The van der Waals surface area contributed by atoms with Gasteiger partial charge in [0.1, 0.15) is 17.0 Å². The monoisotopic (exact) mass is 302 g/mol. The van der Waals surface area contributed by atoms with Crippen LogP contribution in [0, 0.1) is 29.6 Å². The maximum absolute atomic E-state index is 12.4. The van der Waals surface area contributed by atoms with Gasteiger partial charge in [0, 0.05) is 0 Å². The van der Waals surface area contributed by atoms with E-state index in [1.54, 1.807) is 0 Å². The van der Waals surface area contributed by atoms with E-state index < -0.39 is 11.0 Å². The predicted molar refractivity (Wildman–Crippen MR) is 83.7 cm³/mol. The topological polar surface area (TPSA) is 52.9 Å². The standard InChI is InChI=1S/C17H22N2OS/c1-13-4-6-15(7-5-13)21(20)19-16(12-18)14-3-2-8-17(11-14)9-10-17/h4-7,14,16,19H,2-3,8-11H2,1H3/t14-,16-,21+/m1/s1. The number of hydrogen-bond acceptors (Lipinski definition) is 2. The molecule has 2 aliphatic rings. The SMILES string of the molecule is Cc1ccc([S@](=O)N[C@H](C#N)[C@@H]2CCCC3(CC3)C2)cc1. The van der Waals surface area contributed by atoms with E-state index in [2.05, 4.69) is 10.8 Å². The fourth-order valence-corrected chi connectivity index (χ4v) is 4.48. The van der Waals surface area contributed by atoms with Gasteiger partial charge in [0.25, 0.3) is 0 Å². The lowest BCUT2D eigenvalue weighted by Crippen LogP contribution is -2.38. The van der Waals surface area contributed by atoms with Crippen molar-refractivity contribution in [2.24, 2.45) is 11.3 Å².